The van der Waals surface area contributed by atoms with E-state index in [2.05, 4.69) is 15.9 Å². The summed E-state index contributed by atoms with van der Waals surface area (Å²) in [5.41, 5.74) is 0. The maximum absolute atomic E-state index is 5.30. The van der Waals surface area contributed by atoms with Gasteiger partial charge in [0.2, 0.25) is 0 Å². The molecule has 0 aliphatic carbocycles. The molecule has 0 saturated carbocycles. The molecular formula is CBrCl2Hg. The van der Waals surface area contributed by atoms with Crippen LogP contribution in [0.4, 0.5) is 0 Å². The molecule has 4 heteroatoms. The van der Waals surface area contributed by atoms with Gasteiger partial charge in [0.15, 0.2) is 0 Å². The normalized spacial score (nSPS) is 12.2. The molecule has 5 heavy (non-hydrogen) atoms. The molecule has 0 aliphatic rings. The maximum atomic E-state index is 5.30. The minimum atomic E-state index is -0.549. The summed E-state index contributed by atoms with van der Waals surface area (Å²) in [5.74, 6) is 0. The molecule has 0 amide bonds. The summed E-state index contributed by atoms with van der Waals surface area (Å²) < 4.78 is -0.549. The van der Waals surface area contributed by atoms with E-state index in [4.69, 9.17) is 23.2 Å². The van der Waals surface area contributed by atoms with Crippen molar-refractivity contribution in [3.8, 4) is 0 Å². The van der Waals surface area contributed by atoms with Crippen molar-refractivity contribution in [2.24, 2.45) is 0 Å². The van der Waals surface area contributed by atoms with Crippen LogP contribution in [0.15, 0.2) is 0 Å². The molecule has 0 heterocycles. The van der Waals surface area contributed by atoms with E-state index in [1.807, 2.05) is 0 Å². The Morgan fingerprint density at radius 3 is 1.60 bits per heavy atom. The molecule has 0 unspecified atom stereocenters. The van der Waals surface area contributed by atoms with E-state index in [1.165, 1.54) is 0 Å². The molecule has 0 aliphatic heterocycles. The average Bonchev–Trinajstić information content (AvgIpc) is 0.722. The molecule has 0 aromatic rings. The summed E-state index contributed by atoms with van der Waals surface area (Å²) in [7, 11) is 0. The van der Waals surface area contributed by atoms with Gasteiger partial charge in [-0.15, -0.1) is 0 Å². The SMILES string of the molecule is Cl[C](Cl)(Br)[Hg]. The zero-order valence-corrected chi connectivity index (χ0v) is 10.9. The van der Waals surface area contributed by atoms with Crippen molar-refractivity contribution in [3.63, 3.8) is 0 Å². The molecule has 0 rings (SSSR count). The van der Waals surface area contributed by atoms with Crippen LogP contribution in [0.5, 0.6) is 0 Å². The van der Waals surface area contributed by atoms with Gasteiger partial charge in [-0.1, -0.05) is 0 Å². The number of alkyl halides is 3. The van der Waals surface area contributed by atoms with Crippen molar-refractivity contribution in [2.75, 3.05) is 0 Å². The van der Waals surface area contributed by atoms with Crippen LogP contribution in [-0.4, -0.2) is 0.751 Å². The first kappa shape index (κ1) is 7.00. The quantitative estimate of drug-likeness (QED) is 0.456. The van der Waals surface area contributed by atoms with Crippen LogP contribution in [0.25, 0.3) is 0 Å². The fraction of sp³-hybridized carbons (Fsp3) is 1.00. The number of halogens is 3. The van der Waals surface area contributed by atoms with Gasteiger partial charge >= 0.3 is 66.0 Å². The Labute approximate surface area is 65.3 Å². The third-order valence-electron chi connectivity index (χ3n) is 0. The second-order valence-electron chi connectivity index (χ2n) is 0.615. The standard InChI is InChI=1S/CBrCl2.Hg/c2-1(3)4;. The van der Waals surface area contributed by atoms with Crippen molar-refractivity contribution < 1.29 is 26.1 Å². The van der Waals surface area contributed by atoms with Crippen molar-refractivity contribution in [3.05, 3.63) is 0 Å². The van der Waals surface area contributed by atoms with Crippen LogP contribution >= 0.6 is 39.1 Å². The predicted molar refractivity (Wildman–Crippen MR) is 23.4 cm³/mol. The molecule has 27 valence electrons. The van der Waals surface area contributed by atoms with Crippen molar-refractivity contribution in [2.45, 2.75) is 0.751 Å². The first-order valence-corrected chi connectivity index (χ1v) is 5.22. The van der Waals surface area contributed by atoms with E-state index in [0.29, 0.717) is 26.1 Å². The van der Waals surface area contributed by atoms with E-state index >= 15 is 0 Å². The molecular weight excluding hydrogens is 363 g/mol. The summed E-state index contributed by atoms with van der Waals surface area (Å²) in [6.07, 6.45) is 0. The second-order valence-corrected chi connectivity index (χ2v) is 16.0. The van der Waals surface area contributed by atoms with Crippen molar-refractivity contribution in [1.29, 1.82) is 0 Å². The molecule has 0 radical (unpaired) electrons. The van der Waals surface area contributed by atoms with Gasteiger partial charge in [0.05, 0.1) is 0 Å². The number of rotatable bonds is 0. The average molecular weight is 363 g/mol. The summed E-state index contributed by atoms with van der Waals surface area (Å²) in [6.45, 7) is 0. The summed E-state index contributed by atoms with van der Waals surface area (Å²) in [5, 5.41) is 0. The molecule has 0 aromatic heterocycles. The summed E-state index contributed by atoms with van der Waals surface area (Å²) in [4.78, 5) is 0. The Bertz CT molecular complexity index is 25.1. The van der Waals surface area contributed by atoms with Gasteiger partial charge in [0, 0.05) is 0 Å². The first-order chi connectivity index (χ1) is 2.00. The van der Waals surface area contributed by atoms with Gasteiger partial charge in [-0.3, -0.25) is 0 Å². The summed E-state index contributed by atoms with van der Waals surface area (Å²) >= 11 is 14.0. The van der Waals surface area contributed by atoms with E-state index in [9.17, 15) is 0 Å². The fourth-order valence-corrected chi connectivity index (χ4v) is 0. The number of hydrogen-bond donors (Lipinski definition) is 0. The zero-order chi connectivity index (χ0) is 4.50. The van der Waals surface area contributed by atoms with Gasteiger partial charge in [-0.05, 0) is 0 Å². The van der Waals surface area contributed by atoms with Crippen molar-refractivity contribution in [1.82, 2.24) is 0 Å². The van der Waals surface area contributed by atoms with E-state index < -0.39 is 0.751 Å². The van der Waals surface area contributed by atoms with Crippen LogP contribution in [-0.2, 0) is 26.1 Å². The van der Waals surface area contributed by atoms with E-state index in [1.54, 1.807) is 0 Å². The van der Waals surface area contributed by atoms with Crippen LogP contribution < -0.4 is 0 Å². The van der Waals surface area contributed by atoms with Gasteiger partial charge in [-0.25, -0.2) is 0 Å². The Balaban J connectivity index is 3.02. The molecule has 0 aromatic carbocycles. The predicted octanol–water partition coefficient (Wildman–Crippen LogP) is 2.02. The topological polar surface area (TPSA) is 0 Å². The van der Waals surface area contributed by atoms with Gasteiger partial charge < -0.3 is 0 Å². The Hall–Kier alpha value is 2.00. The summed E-state index contributed by atoms with van der Waals surface area (Å²) in [6, 6.07) is 0. The van der Waals surface area contributed by atoms with E-state index in [-0.39, 0.29) is 0 Å². The molecule has 0 saturated heterocycles. The third-order valence-corrected chi connectivity index (χ3v) is 0. The zero-order valence-electron chi connectivity index (χ0n) is 2.34. The molecule has 0 N–H and O–H groups in total. The minimum absolute atomic E-state index is 0.404. The molecule has 0 nitrogen and oxygen atoms in total. The second kappa shape index (κ2) is 2.34. The first-order valence-electron chi connectivity index (χ1n) is 0.921. The number of hydrogen-bond acceptors (Lipinski definition) is 0. The Morgan fingerprint density at radius 2 is 1.60 bits per heavy atom. The molecule has 0 atom stereocenters. The van der Waals surface area contributed by atoms with Crippen LogP contribution in [0.2, 0.25) is 0 Å². The molecule has 0 fully saturated rings. The fourth-order valence-electron chi connectivity index (χ4n) is 0. The third kappa shape index (κ3) is 24.0. The molecule has 0 spiro atoms. The Kier molecular flexibility index (Phi) is 3.27. The van der Waals surface area contributed by atoms with Crippen LogP contribution in [0, 0.1) is 0 Å². The van der Waals surface area contributed by atoms with E-state index in [0.717, 1.165) is 0 Å². The van der Waals surface area contributed by atoms with Gasteiger partial charge in [0.1, 0.15) is 0 Å². The van der Waals surface area contributed by atoms with Crippen LogP contribution in [0.3, 0.4) is 0 Å². The van der Waals surface area contributed by atoms with Crippen molar-refractivity contribution >= 4 is 39.1 Å². The van der Waals surface area contributed by atoms with Gasteiger partial charge in [-0.2, -0.15) is 0 Å². The monoisotopic (exact) mass is 363 g/mol. The van der Waals surface area contributed by atoms with Gasteiger partial charge in [0.25, 0.3) is 0 Å². The molecule has 0 bridgehead atoms. The van der Waals surface area contributed by atoms with Crippen LogP contribution in [0.1, 0.15) is 0 Å². The Morgan fingerprint density at radius 1 is 1.60 bits per heavy atom.